The first-order valence-electron chi connectivity index (χ1n) is 10.1. The summed E-state index contributed by atoms with van der Waals surface area (Å²) in [6, 6.07) is 8.89. The molecule has 1 aromatic carbocycles. The average Bonchev–Trinajstić information content (AvgIpc) is 3.36. The Hall–Kier alpha value is -4.09. The molecule has 0 atom stereocenters. The number of nitrogen functional groups attached to an aromatic ring is 1. The van der Waals surface area contributed by atoms with Gasteiger partial charge >= 0.3 is 5.69 Å². The molecule has 0 bridgehead atoms. The van der Waals surface area contributed by atoms with E-state index in [1.165, 1.54) is 21.2 Å². The van der Waals surface area contributed by atoms with E-state index >= 15 is 0 Å². The second-order valence-electron chi connectivity index (χ2n) is 7.58. The van der Waals surface area contributed by atoms with Crippen LogP contribution >= 0.6 is 11.6 Å². The SMILES string of the molecule is Cn1ccnc1Cn1nc2c(-c3cc(Cl)nc(CO)c3)c(-c3ccc(F)cc3)nc(N)n2c1=O. The summed E-state index contributed by atoms with van der Waals surface area (Å²) < 4.78 is 17.8. The zero-order valence-electron chi connectivity index (χ0n) is 17.9. The molecule has 10 nitrogen and oxygen atoms in total. The van der Waals surface area contributed by atoms with Crippen molar-refractivity contribution in [3.05, 3.63) is 81.8 Å². The fourth-order valence-corrected chi connectivity index (χ4v) is 3.97. The third-order valence-electron chi connectivity index (χ3n) is 5.38. The molecule has 172 valence electrons. The molecule has 0 aliphatic rings. The van der Waals surface area contributed by atoms with Gasteiger partial charge in [-0.15, -0.1) is 5.10 Å². The Kier molecular flexibility index (Phi) is 5.34. The van der Waals surface area contributed by atoms with E-state index in [9.17, 15) is 14.3 Å². The number of nitrogens with zero attached hydrogens (tertiary/aromatic N) is 7. The third kappa shape index (κ3) is 3.70. The van der Waals surface area contributed by atoms with Crippen molar-refractivity contribution in [2.45, 2.75) is 13.2 Å². The van der Waals surface area contributed by atoms with E-state index in [0.29, 0.717) is 33.9 Å². The van der Waals surface area contributed by atoms with E-state index in [1.54, 1.807) is 41.2 Å². The Balaban J connectivity index is 1.84. The molecule has 0 amide bonds. The van der Waals surface area contributed by atoms with E-state index < -0.39 is 11.5 Å². The highest BCUT2D eigenvalue weighted by Crippen LogP contribution is 2.35. The van der Waals surface area contributed by atoms with Crippen LogP contribution in [0.15, 0.2) is 53.6 Å². The van der Waals surface area contributed by atoms with Crippen molar-refractivity contribution >= 4 is 23.2 Å². The van der Waals surface area contributed by atoms with Crippen LogP contribution in [0.2, 0.25) is 5.15 Å². The molecular formula is C22H18ClFN8O2. The molecule has 4 heterocycles. The van der Waals surface area contributed by atoms with Gasteiger partial charge < -0.3 is 15.4 Å². The Morgan fingerprint density at radius 3 is 2.59 bits per heavy atom. The maximum Gasteiger partial charge on any atom is 0.353 e. The topological polar surface area (TPSA) is 129 Å². The van der Waals surface area contributed by atoms with Crippen molar-refractivity contribution in [3.63, 3.8) is 0 Å². The zero-order valence-corrected chi connectivity index (χ0v) is 18.6. The first-order chi connectivity index (χ1) is 16.4. The lowest BCUT2D eigenvalue weighted by molar-refractivity contribution is 0.277. The monoisotopic (exact) mass is 480 g/mol. The van der Waals surface area contributed by atoms with Crippen LogP contribution in [0.5, 0.6) is 0 Å². The van der Waals surface area contributed by atoms with Crippen LogP contribution in [-0.4, -0.2) is 38.8 Å². The number of fused-ring (bicyclic) bond motifs is 1. The highest BCUT2D eigenvalue weighted by atomic mass is 35.5. The number of pyridine rings is 1. The number of imidazole rings is 1. The minimum Gasteiger partial charge on any atom is -0.390 e. The van der Waals surface area contributed by atoms with Crippen molar-refractivity contribution in [1.82, 2.24) is 33.7 Å². The largest absolute Gasteiger partial charge is 0.390 e. The molecule has 0 aliphatic carbocycles. The summed E-state index contributed by atoms with van der Waals surface area (Å²) in [7, 11) is 1.81. The molecule has 12 heteroatoms. The van der Waals surface area contributed by atoms with Crippen LogP contribution in [0.3, 0.4) is 0 Å². The van der Waals surface area contributed by atoms with Crippen molar-refractivity contribution in [2.24, 2.45) is 7.05 Å². The van der Waals surface area contributed by atoms with Gasteiger partial charge in [-0.1, -0.05) is 11.6 Å². The molecule has 0 fully saturated rings. The summed E-state index contributed by atoms with van der Waals surface area (Å²) in [5.74, 6) is 0.119. The van der Waals surface area contributed by atoms with Gasteiger partial charge in [0, 0.05) is 25.0 Å². The van der Waals surface area contributed by atoms with Gasteiger partial charge in [-0.25, -0.2) is 33.2 Å². The third-order valence-corrected chi connectivity index (χ3v) is 5.58. The molecule has 3 N–H and O–H groups in total. The number of hydrogen-bond acceptors (Lipinski definition) is 7. The Bertz CT molecular complexity index is 1590. The van der Waals surface area contributed by atoms with E-state index in [0.717, 1.165) is 0 Å². The van der Waals surface area contributed by atoms with Crippen LogP contribution in [0, 0.1) is 5.82 Å². The second-order valence-corrected chi connectivity index (χ2v) is 7.97. The molecule has 0 unspecified atom stereocenters. The molecule has 0 saturated carbocycles. The van der Waals surface area contributed by atoms with E-state index in [1.807, 2.05) is 7.05 Å². The molecular weight excluding hydrogens is 463 g/mol. The normalized spacial score (nSPS) is 11.4. The molecule has 0 aliphatic heterocycles. The van der Waals surface area contributed by atoms with E-state index in [4.69, 9.17) is 17.3 Å². The van der Waals surface area contributed by atoms with Gasteiger partial charge in [0.2, 0.25) is 5.95 Å². The van der Waals surface area contributed by atoms with Gasteiger partial charge in [-0.05, 0) is 42.0 Å². The Morgan fingerprint density at radius 1 is 1.15 bits per heavy atom. The van der Waals surface area contributed by atoms with Gasteiger partial charge in [0.15, 0.2) is 5.65 Å². The number of hydrogen-bond donors (Lipinski definition) is 2. The van der Waals surface area contributed by atoms with Crippen molar-refractivity contribution in [1.29, 1.82) is 0 Å². The maximum atomic E-state index is 13.6. The standard InChI is InChI=1S/C22H18ClFN8O2/c1-30-7-6-26-17(30)10-31-22(34)32-20(29-31)18(13-8-15(11-33)27-16(23)9-13)19(28-21(32)25)12-2-4-14(24)5-3-12/h2-9,33H,10-11H2,1H3,(H2,25,28). The number of halogens is 2. The summed E-state index contributed by atoms with van der Waals surface area (Å²) >= 11 is 6.21. The molecule has 0 spiro atoms. The lowest BCUT2D eigenvalue weighted by Gasteiger charge is -2.13. The van der Waals surface area contributed by atoms with Gasteiger partial charge in [-0.3, -0.25) is 0 Å². The fourth-order valence-electron chi connectivity index (χ4n) is 3.75. The summed E-state index contributed by atoms with van der Waals surface area (Å²) in [5.41, 5.74) is 8.09. The highest BCUT2D eigenvalue weighted by Gasteiger charge is 2.23. The maximum absolute atomic E-state index is 13.6. The van der Waals surface area contributed by atoms with Gasteiger partial charge in [0.25, 0.3) is 0 Å². The molecule has 0 radical (unpaired) electrons. The lowest BCUT2D eigenvalue weighted by Crippen LogP contribution is -2.24. The minimum absolute atomic E-state index is 0.0864. The molecule has 5 rings (SSSR count). The number of aliphatic hydroxyl groups is 1. The number of benzene rings is 1. The average molecular weight is 481 g/mol. The lowest BCUT2D eigenvalue weighted by atomic mass is 10.00. The first kappa shape index (κ1) is 21.7. The molecule has 0 saturated heterocycles. The summed E-state index contributed by atoms with van der Waals surface area (Å²) in [6.45, 7) is -0.244. The number of rotatable bonds is 5. The number of aliphatic hydroxyl groups excluding tert-OH is 1. The highest BCUT2D eigenvalue weighted by molar-refractivity contribution is 6.29. The van der Waals surface area contributed by atoms with Crippen LogP contribution < -0.4 is 11.4 Å². The number of aryl methyl sites for hydroxylation is 1. The Morgan fingerprint density at radius 2 is 1.91 bits per heavy atom. The Labute approximate surface area is 196 Å². The van der Waals surface area contributed by atoms with Crippen LogP contribution in [0.25, 0.3) is 28.0 Å². The molecule has 4 aromatic heterocycles. The van der Waals surface area contributed by atoms with Crippen LogP contribution in [0.1, 0.15) is 11.5 Å². The van der Waals surface area contributed by atoms with Crippen molar-refractivity contribution in [3.8, 4) is 22.4 Å². The smallest absolute Gasteiger partial charge is 0.353 e. The van der Waals surface area contributed by atoms with E-state index in [-0.39, 0.29) is 29.9 Å². The van der Waals surface area contributed by atoms with Gasteiger partial charge in [-0.2, -0.15) is 0 Å². The fraction of sp³-hybridized carbons (Fsp3) is 0.136. The molecule has 5 aromatic rings. The number of nitrogens with two attached hydrogens (primary N) is 1. The van der Waals surface area contributed by atoms with Crippen LogP contribution in [0.4, 0.5) is 10.3 Å². The van der Waals surface area contributed by atoms with Crippen molar-refractivity contribution in [2.75, 3.05) is 5.73 Å². The second kappa shape index (κ2) is 8.36. The van der Waals surface area contributed by atoms with E-state index in [2.05, 4.69) is 20.1 Å². The summed E-state index contributed by atoms with van der Waals surface area (Å²) in [4.78, 5) is 26.0. The van der Waals surface area contributed by atoms with Crippen molar-refractivity contribution < 1.29 is 9.50 Å². The minimum atomic E-state index is -0.502. The van der Waals surface area contributed by atoms with Gasteiger partial charge in [0.1, 0.15) is 23.3 Å². The zero-order chi connectivity index (χ0) is 24.0. The number of aromatic nitrogens is 7. The summed E-state index contributed by atoms with van der Waals surface area (Å²) in [6.07, 6.45) is 3.39. The number of anilines is 1. The van der Waals surface area contributed by atoms with Gasteiger partial charge in [0.05, 0.1) is 23.6 Å². The summed E-state index contributed by atoms with van der Waals surface area (Å²) in [5, 5.41) is 14.3. The quantitative estimate of drug-likeness (QED) is 0.369. The predicted molar refractivity (Wildman–Crippen MR) is 124 cm³/mol. The predicted octanol–water partition coefficient (Wildman–Crippen LogP) is 2.27. The first-order valence-corrected chi connectivity index (χ1v) is 10.5. The van der Waals surface area contributed by atoms with Crippen LogP contribution in [-0.2, 0) is 20.2 Å². The molecule has 34 heavy (non-hydrogen) atoms.